The average Bonchev–Trinajstić information content (AvgIpc) is 2.57. The number of hydrogen-bond acceptors (Lipinski definition) is 4. The predicted molar refractivity (Wildman–Crippen MR) is 75.7 cm³/mol. The molecule has 0 bridgehead atoms. The monoisotopic (exact) mass is 330 g/mol. The molecule has 6 heteroatoms. The first-order chi connectivity index (χ1) is 7.97. The van der Waals surface area contributed by atoms with Gasteiger partial charge in [0.05, 0.1) is 4.88 Å². The van der Waals surface area contributed by atoms with Gasteiger partial charge in [-0.3, -0.25) is 4.79 Å². The Kier molecular flexibility index (Phi) is 3.42. The number of halogens is 2. The first-order valence-electron chi connectivity index (χ1n) is 4.63. The molecular formula is C11H8BrClN2OS. The fourth-order valence-corrected chi connectivity index (χ4v) is 3.07. The van der Waals surface area contributed by atoms with Crippen molar-refractivity contribution in [3.05, 3.63) is 43.5 Å². The molecule has 0 saturated heterocycles. The highest BCUT2D eigenvalue weighted by molar-refractivity contribution is 9.10. The highest BCUT2D eigenvalue weighted by Gasteiger charge is 2.15. The molecular weight excluding hydrogens is 324 g/mol. The number of hydrogen-bond donors (Lipinski definition) is 2. The van der Waals surface area contributed by atoms with E-state index in [-0.39, 0.29) is 5.78 Å². The third-order valence-corrected chi connectivity index (χ3v) is 4.58. The molecule has 2 rings (SSSR count). The lowest BCUT2D eigenvalue weighted by atomic mass is 10.1. The maximum Gasteiger partial charge on any atom is 0.203 e. The molecule has 0 saturated carbocycles. The smallest absolute Gasteiger partial charge is 0.203 e. The van der Waals surface area contributed by atoms with Crippen molar-refractivity contribution in [2.45, 2.75) is 0 Å². The predicted octanol–water partition coefficient (Wildman–Crippen LogP) is 3.56. The van der Waals surface area contributed by atoms with Gasteiger partial charge in [-0.25, -0.2) is 0 Å². The maximum atomic E-state index is 12.1. The quantitative estimate of drug-likeness (QED) is 0.653. The molecule has 0 spiro atoms. The summed E-state index contributed by atoms with van der Waals surface area (Å²) >= 11 is 10.4. The highest BCUT2D eigenvalue weighted by Crippen LogP contribution is 2.33. The number of thiophene rings is 1. The van der Waals surface area contributed by atoms with Crippen LogP contribution >= 0.6 is 38.9 Å². The molecule has 1 aromatic carbocycles. The summed E-state index contributed by atoms with van der Waals surface area (Å²) < 4.78 is 1.26. The Morgan fingerprint density at radius 3 is 2.24 bits per heavy atom. The van der Waals surface area contributed by atoms with Gasteiger partial charge < -0.3 is 11.5 Å². The fraction of sp³-hybridized carbons (Fsp3) is 0. The summed E-state index contributed by atoms with van der Waals surface area (Å²) in [5, 5.41) is 0. The first kappa shape index (κ1) is 12.4. The number of nitrogen functional groups attached to an aromatic ring is 2. The molecule has 2 aromatic rings. The molecule has 0 aliphatic carbocycles. The van der Waals surface area contributed by atoms with Crippen molar-refractivity contribution in [1.29, 1.82) is 0 Å². The molecule has 3 nitrogen and oxygen atoms in total. The first-order valence-corrected chi connectivity index (χ1v) is 6.61. The van der Waals surface area contributed by atoms with Gasteiger partial charge in [0.2, 0.25) is 5.78 Å². The second kappa shape index (κ2) is 4.68. The van der Waals surface area contributed by atoms with Crippen molar-refractivity contribution in [2.24, 2.45) is 0 Å². The zero-order chi connectivity index (χ0) is 12.6. The van der Waals surface area contributed by atoms with E-state index >= 15 is 0 Å². The normalized spacial score (nSPS) is 10.5. The molecule has 0 aliphatic rings. The van der Waals surface area contributed by atoms with Crippen molar-refractivity contribution in [2.75, 3.05) is 11.5 Å². The molecule has 0 atom stereocenters. The second-order valence-corrected chi connectivity index (χ2v) is 5.96. The fourth-order valence-electron chi connectivity index (χ4n) is 1.41. The van der Waals surface area contributed by atoms with Gasteiger partial charge in [-0.2, -0.15) is 0 Å². The van der Waals surface area contributed by atoms with Crippen molar-refractivity contribution >= 4 is 56.0 Å². The molecule has 0 amide bonds. The Bertz CT molecular complexity index is 557. The third kappa shape index (κ3) is 2.62. The Hall–Kier alpha value is -1.04. The van der Waals surface area contributed by atoms with Crippen LogP contribution in [0.25, 0.3) is 0 Å². The lowest BCUT2D eigenvalue weighted by molar-refractivity contribution is 0.104. The molecule has 0 aliphatic heterocycles. The van der Waals surface area contributed by atoms with Crippen LogP contribution in [0.2, 0.25) is 4.34 Å². The van der Waals surface area contributed by atoms with Gasteiger partial charge in [0.25, 0.3) is 0 Å². The van der Waals surface area contributed by atoms with Gasteiger partial charge in [-0.1, -0.05) is 11.6 Å². The summed E-state index contributed by atoms with van der Waals surface area (Å²) in [6, 6.07) is 6.49. The topological polar surface area (TPSA) is 69.1 Å². The van der Waals surface area contributed by atoms with E-state index in [1.807, 2.05) is 0 Å². The van der Waals surface area contributed by atoms with Gasteiger partial charge in [0.15, 0.2) is 0 Å². The van der Waals surface area contributed by atoms with Gasteiger partial charge in [0.1, 0.15) is 4.34 Å². The zero-order valence-corrected chi connectivity index (χ0v) is 11.7. The van der Waals surface area contributed by atoms with Gasteiger partial charge in [0, 0.05) is 21.4 Å². The van der Waals surface area contributed by atoms with Gasteiger partial charge in [-0.05, 0) is 40.2 Å². The minimum atomic E-state index is -0.137. The highest BCUT2D eigenvalue weighted by atomic mass is 79.9. The minimum Gasteiger partial charge on any atom is -0.399 e. The van der Waals surface area contributed by atoms with Crippen LogP contribution in [0.15, 0.2) is 28.7 Å². The Morgan fingerprint density at radius 2 is 1.76 bits per heavy atom. The van der Waals surface area contributed by atoms with Crippen molar-refractivity contribution in [1.82, 2.24) is 0 Å². The molecule has 0 radical (unpaired) electrons. The van der Waals surface area contributed by atoms with E-state index in [4.69, 9.17) is 23.1 Å². The number of benzene rings is 1. The molecule has 0 unspecified atom stereocenters. The van der Waals surface area contributed by atoms with Crippen LogP contribution in [-0.2, 0) is 0 Å². The summed E-state index contributed by atoms with van der Waals surface area (Å²) in [5.74, 6) is -0.137. The van der Waals surface area contributed by atoms with Crippen LogP contribution < -0.4 is 11.5 Å². The van der Waals surface area contributed by atoms with E-state index in [9.17, 15) is 4.79 Å². The number of nitrogens with two attached hydrogens (primary N) is 2. The zero-order valence-electron chi connectivity index (χ0n) is 8.54. The lowest BCUT2D eigenvalue weighted by Gasteiger charge is -2.02. The number of anilines is 2. The molecule has 4 N–H and O–H groups in total. The SMILES string of the molecule is Nc1cc(N)cc(C(=O)c2cc(Br)c(Cl)s2)c1. The molecule has 1 aromatic heterocycles. The van der Waals surface area contributed by atoms with Crippen LogP contribution in [0.4, 0.5) is 11.4 Å². The van der Waals surface area contributed by atoms with Crippen LogP contribution in [-0.4, -0.2) is 5.78 Å². The molecule has 88 valence electrons. The second-order valence-electron chi connectivity index (χ2n) is 3.45. The largest absolute Gasteiger partial charge is 0.399 e. The van der Waals surface area contributed by atoms with E-state index in [0.29, 0.717) is 30.6 Å². The number of carbonyl (C=O) groups excluding carboxylic acids is 1. The van der Waals surface area contributed by atoms with Gasteiger partial charge >= 0.3 is 0 Å². The van der Waals surface area contributed by atoms with Crippen LogP contribution in [0.3, 0.4) is 0 Å². The number of rotatable bonds is 2. The van der Waals surface area contributed by atoms with Gasteiger partial charge in [-0.15, -0.1) is 11.3 Å². The van der Waals surface area contributed by atoms with Crippen molar-refractivity contribution in [3.63, 3.8) is 0 Å². The molecule has 0 fully saturated rings. The Morgan fingerprint density at radius 1 is 1.18 bits per heavy atom. The Balaban J connectivity index is 2.43. The summed E-state index contributed by atoms with van der Waals surface area (Å²) in [5.41, 5.74) is 12.7. The van der Waals surface area contributed by atoms with E-state index in [0.717, 1.165) is 0 Å². The van der Waals surface area contributed by atoms with E-state index < -0.39 is 0 Å². The number of carbonyl (C=O) groups is 1. The van der Waals surface area contributed by atoms with Crippen LogP contribution in [0, 0.1) is 0 Å². The maximum absolute atomic E-state index is 12.1. The van der Waals surface area contributed by atoms with Crippen LogP contribution in [0.5, 0.6) is 0 Å². The summed E-state index contributed by atoms with van der Waals surface area (Å²) in [7, 11) is 0. The van der Waals surface area contributed by atoms with Crippen LogP contribution in [0.1, 0.15) is 15.2 Å². The molecule has 17 heavy (non-hydrogen) atoms. The van der Waals surface area contributed by atoms with E-state index in [2.05, 4.69) is 15.9 Å². The van der Waals surface area contributed by atoms with E-state index in [1.54, 1.807) is 24.3 Å². The third-order valence-electron chi connectivity index (χ3n) is 2.11. The summed E-state index contributed by atoms with van der Waals surface area (Å²) in [6.45, 7) is 0. The minimum absolute atomic E-state index is 0.137. The van der Waals surface area contributed by atoms with E-state index in [1.165, 1.54) is 11.3 Å². The van der Waals surface area contributed by atoms with Crippen molar-refractivity contribution < 1.29 is 4.79 Å². The number of ketones is 1. The summed E-state index contributed by atoms with van der Waals surface area (Å²) in [6.07, 6.45) is 0. The lowest BCUT2D eigenvalue weighted by Crippen LogP contribution is -2.01. The summed E-state index contributed by atoms with van der Waals surface area (Å²) in [4.78, 5) is 12.7. The average molecular weight is 332 g/mol. The Labute approximate surface area is 116 Å². The molecule has 1 heterocycles. The van der Waals surface area contributed by atoms with Crippen molar-refractivity contribution in [3.8, 4) is 0 Å². The standard InChI is InChI=1S/C11H8BrClN2OS/c12-8-4-9(17-11(8)13)10(16)5-1-6(14)3-7(15)2-5/h1-4H,14-15H2.